The maximum Gasteiger partial charge on any atom is 0.247 e. The minimum absolute atomic E-state index is 0.0406. The average molecular weight is 564 g/mol. The number of nitrogens with zero attached hydrogens (tertiary/aromatic N) is 2. The van der Waals surface area contributed by atoms with Gasteiger partial charge in [0.25, 0.3) is 0 Å². The minimum atomic E-state index is -3.50. The van der Waals surface area contributed by atoms with E-state index in [9.17, 15) is 23.1 Å². The maximum atomic E-state index is 13.8. The fraction of sp³-hybridized carbons (Fsp3) is 0.355. The Bertz CT molecular complexity index is 1340. The van der Waals surface area contributed by atoms with Crippen LogP contribution in [0.3, 0.4) is 0 Å². The first kappa shape index (κ1) is 29.5. The van der Waals surface area contributed by atoms with Crippen LogP contribution in [0.5, 0.6) is 0 Å². The van der Waals surface area contributed by atoms with Crippen molar-refractivity contribution in [2.75, 3.05) is 26.2 Å². The number of carbonyl (C=O) groups is 2. The van der Waals surface area contributed by atoms with Gasteiger partial charge in [-0.3, -0.25) is 9.59 Å². The van der Waals surface area contributed by atoms with Gasteiger partial charge in [0.15, 0.2) is 0 Å². The molecule has 0 saturated carbocycles. The molecule has 3 aromatic rings. The molecule has 1 aliphatic heterocycles. The molecule has 0 aliphatic carbocycles. The first-order chi connectivity index (χ1) is 19.4. The van der Waals surface area contributed by atoms with E-state index in [1.807, 2.05) is 60.7 Å². The van der Waals surface area contributed by atoms with Gasteiger partial charge in [-0.1, -0.05) is 72.8 Å². The topological polar surface area (TPSA) is 107 Å². The fourth-order valence-corrected chi connectivity index (χ4v) is 6.42. The van der Waals surface area contributed by atoms with Crippen molar-refractivity contribution in [3.63, 3.8) is 0 Å². The lowest BCUT2D eigenvalue weighted by Gasteiger charge is -2.32. The Morgan fingerprint density at radius 1 is 0.875 bits per heavy atom. The van der Waals surface area contributed by atoms with E-state index in [0.717, 1.165) is 24.0 Å². The number of aliphatic hydroxyl groups is 1. The van der Waals surface area contributed by atoms with E-state index in [-0.39, 0.29) is 36.3 Å². The number of hydrogen-bond donors (Lipinski definition) is 2. The van der Waals surface area contributed by atoms with Crippen LogP contribution in [0, 0.1) is 0 Å². The molecule has 2 amide bonds. The molecule has 4 rings (SSSR count). The molecule has 1 heterocycles. The van der Waals surface area contributed by atoms with Gasteiger partial charge in [-0.2, -0.15) is 4.31 Å². The summed E-state index contributed by atoms with van der Waals surface area (Å²) in [6.07, 6.45) is 2.73. The predicted octanol–water partition coefficient (Wildman–Crippen LogP) is 3.67. The zero-order valence-electron chi connectivity index (χ0n) is 22.6. The average Bonchev–Trinajstić information content (AvgIpc) is 3.53. The van der Waals surface area contributed by atoms with Crippen molar-refractivity contribution < 1.29 is 23.1 Å². The fourth-order valence-electron chi connectivity index (χ4n) is 4.90. The quantitative estimate of drug-likeness (QED) is 0.309. The molecular formula is C31H37N3O5S. The van der Waals surface area contributed by atoms with Crippen molar-refractivity contribution in [1.82, 2.24) is 14.5 Å². The van der Waals surface area contributed by atoms with Crippen LogP contribution in [0.25, 0.3) is 0 Å². The van der Waals surface area contributed by atoms with Gasteiger partial charge in [0, 0.05) is 39.2 Å². The van der Waals surface area contributed by atoms with Gasteiger partial charge in [0.2, 0.25) is 21.8 Å². The van der Waals surface area contributed by atoms with Crippen LogP contribution in [0.15, 0.2) is 89.8 Å². The number of benzene rings is 3. The van der Waals surface area contributed by atoms with Crippen molar-refractivity contribution in [3.8, 4) is 0 Å². The molecule has 1 aliphatic rings. The molecule has 3 aromatic carbocycles. The summed E-state index contributed by atoms with van der Waals surface area (Å²) in [5.41, 5.74) is 2.44. The van der Waals surface area contributed by atoms with E-state index in [1.54, 1.807) is 29.2 Å². The Morgan fingerprint density at radius 3 is 2.12 bits per heavy atom. The van der Waals surface area contributed by atoms with E-state index >= 15 is 0 Å². The second-order valence-corrected chi connectivity index (χ2v) is 11.9. The standard InChI is InChI=1S/C31H37N3O5S/c35-23-9-20-32-31(37)30(27-12-5-2-6-13-27)34(24-26-10-3-1-4-11-26)29(36)19-16-25-14-17-28(18-15-25)40(38,39)33-21-7-8-22-33/h1-6,10-15,17-18,30,35H,7-9,16,19-24H2,(H,32,37)/t30-/m0/s1. The molecule has 0 aromatic heterocycles. The lowest BCUT2D eigenvalue weighted by atomic mass is 10.0. The summed E-state index contributed by atoms with van der Waals surface area (Å²) in [5.74, 6) is -0.496. The molecule has 1 saturated heterocycles. The van der Waals surface area contributed by atoms with Crippen LogP contribution in [-0.2, 0) is 32.6 Å². The largest absolute Gasteiger partial charge is 0.396 e. The number of rotatable bonds is 13. The van der Waals surface area contributed by atoms with Crippen LogP contribution in [-0.4, -0.2) is 60.8 Å². The number of aryl methyl sites for hydroxylation is 1. The van der Waals surface area contributed by atoms with E-state index in [2.05, 4.69) is 5.32 Å². The van der Waals surface area contributed by atoms with Gasteiger partial charge in [-0.15, -0.1) is 0 Å². The summed E-state index contributed by atoms with van der Waals surface area (Å²) in [6, 6.07) is 24.6. The van der Waals surface area contributed by atoms with Crippen molar-refractivity contribution in [3.05, 3.63) is 102 Å². The van der Waals surface area contributed by atoms with Crippen LogP contribution >= 0.6 is 0 Å². The molecule has 1 atom stereocenters. The molecule has 40 heavy (non-hydrogen) atoms. The van der Waals surface area contributed by atoms with Crippen LogP contribution in [0.1, 0.15) is 48.4 Å². The zero-order valence-corrected chi connectivity index (χ0v) is 23.4. The van der Waals surface area contributed by atoms with Gasteiger partial charge in [-0.05, 0) is 54.5 Å². The Morgan fingerprint density at radius 2 is 1.50 bits per heavy atom. The monoisotopic (exact) mass is 563 g/mol. The predicted molar refractivity (Wildman–Crippen MR) is 154 cm³/mol. The SMILES string of the molecule is O=C(NCCCO)[C@H](c1ccccc1)N(Cc1ccccc1)C(=O)CCc1ccc(S(=O)(=O)N2CCCC2)cc1. The maximum absolute atomic E-state index is 13.8. The molecule has 8 nitrogen and oxygen atoms in total. The molecule has 2 N–H and O–H groups in total. The number of amides is 2. The minimum Gasteiger partial charge on any atom is -0.396 e. The summed E-state index contributed by atoms with van der Waals surface area (Å²) in [4.78, 5) is 29.1. The molecule has 212 valence electrons. The van der Waals surface area contributed by atoms with Gasteiger partial charge in [0.1, 0.15) is 6.04 Å². The summed E-state index contributed by atoms with van der Waals surface area (Å²) in [5, 5.41) is 12.0. The Hall–Kier alpha value is -3.53. The van der Waals surface area contributed by atoms with Gasteiger partial charge in [0.05, 0.1) is 4.90 Å². The molecular weight excluding hydrogens is 526 g/mol. The van der Waals surface area contributed by atoms with Gasteiger partial charge < -0.3 is 15.3 Å². The van der Waals surface area contributed by atoms with E-state index in [4.69, 9.17) is 0 Å². The molecule has 9 heteroatoms. The number of aliphatic hydroxyl groups excluding tert-OH is 1. The van der Waals surface area contributed by atoms with E-state index in [1.165, 1.54) is 4.31 Å². The summed E-state index contributed by atoms with van der Waals surface area (Å²) in [7, 11) is -3.50. The van der Waals surface area contributed by atoms with Crippen LogP contribution in [0.2, 0.25) is 0 Å². The Labute approximate surface area is 236 Å². The molecule has 0 bridgehead atoms. The highest BCUT2D eigenvalue weighted by Crippen LogP contribution is 2.26. The molecule has 1 fully saturated rings. The number of nitrogens with one attached hydrogen (secondary N) is 1. The molecule has 0 spiro atoms. The van der Waals surface area contributed by atoms with Crippen molar-refractivity contribution >= 4 is 21.8 Å². The molecule has 0 radical (unpaired) electrons. The van der Waals surface area contributed by atoms with Gasteiger partial charge in [-0.25, -0.2) is 8.42 Å². The Balaban J connectivity index is 1.54. The zero-order chi connectivity index (χ0) is 28.4. The third kappa shape index (κ3) is 7.56. The highest BCUT2D eigenvalue weighted by Gasteiger charge is 2.31. The van der Waals surface area contributed by atoms with Crippen molar-refractivity contribution in [1.29, 1.82) is 0 Å². The summed E-state index contributed by atoms with van der Waals surface area (Å²) in [6.45, 7) is 1.61. The second kappa shape index (κ2) is 14.2. The summed E-state index contributed by atoms with van der Waals surface area (Å²) >= 11 is 0. The van der Waals surface area contributed by atoms with Crippen molar-refractivity contribution in [2.45, 2.75) is 49.6 Å². The highest BCUT2D eigenvalue weighted by molar-refractivity contribution is 7.89. The number of carbonyl (C=O) groups excluding carboxylic acids is 2. The normalized spacial score (nSPS) is 14.5. The van der Waals surface area contributed by atoms with Crippen LogP contribution in [0.4, 0.5) is 0 Å². The molecule has 0 unspecified atom stereocenters. The summed E-state index contributed by atoms with van der Waals surface area (Å²) < 4.78 is 27.2. The number of hydrogen-bond acceptors (Lipinski definition) is 5. The number of sulfonamides is 1. The third-order valence-corrected chi connectivity index (χ3v) is 8.99. The van der Waals surface area contributed by atoms with E-state index < -0.39 is 16.1 Å². The lowest BCUT2D eigenvalue weighted by Crippen LogP contribution is -2.43. The highest BCUT2D eigenvalue weighted by atomic mass is 32.2. The second-order valence-electron chi connectivity index (χ2n) is 9.94. The van der Waals surface area contributed by atoms with Crippen molar-refractivity contribution in [2.24, 2.45) is 0 Å². The van der Waals surface area contributed by atoms with Crippen LogP contribution < -0.4 is 5.32 Å². The van der Waals surface area contributed by atoms with E-state index in [0.29, 0.717) is 38.0 Å². The lowest BCUT2D eigenvalue weighted by molar-refractivity contribution is -0.141. The first-order valence-electron chi connectivity index (χ1n) is 13.8. The third-order valence-electron chi connectivity index (χ3n) is 7.08. The first-order valence-corrected chi connectivity index (χ1v) is 15.2. The Kier molecular flexibility index (Phi) is 10.5. The smallest absolute Gasteiger partial charge is 0.247 e. The van der Waals surface area contributed by atoms with Gasteiger partial charge >= 0.3 is 0 Å².